The average molecular weight is 254 g/mol. The SMILES string of the molecule is C=C(C)COCCNC1(CN)CCC(C)CC1C. The van der Waals surface area contributed by atoms with E-state index < -0.39 is 0 Å². The first-order valence-electron chi connectivity index (χ1n) is 7.17. The van der Waals surface area contributed by atoms with E-state index in [0.717, 1.165) is 31.2 Å². The fourth-order valence-electron chi connectivity index (χ4n) is 2.95. The molecular weight excluding hydrogens is 224 g/mol. The quantitative estimate of drug-likeness (QED) is 0.541. The summed E-state index contributed by atoms with van der Waals surface area (Å²) in [6.07, 6.45) is 3.74. The smallest absolute Gasteiger partial charge is 0.0672 e. The van der Waals surface area contributed by atoms with E-state index in [4.69, 9.17) is 10.5 Å². The molecular formula is C15H30N2O. The lowest BCUT2D eigenvalue weighted by molar-refractivity contribution is 0.104. The number of rotatable bonds is 7. The van der Waals surface area contributed by atoms with Crippen molar-refractivity contribution in [1.82, 2.24) is 5.32 Å². The van der Waals surface area contributed by atoms with Gasteiger partial charge in [0, 0.05) is 18.6 Å². The summed E-state index contributed by atoms with van der Waals surface area (Å²) in [5.41, 5.74) is 7.22. The predicted molar refractivity (Wildman–Crippen MR) is 77.6 cm³/mol. The van der Waals surface area contributed by atoms with Crippen molar-refractivity contribution in [3.8, 4) is 0 Å². The molecule has 0 spiro atoms. The van der Waals surface area contributed by atoms with Gasteiger partial charge in [-0.25, -0.2) is 0 Å². The van der Waals surface area contributed by atoms with Crippen molar-refractivity contribution in [2.45, 2.75) is 45.6 Å². The second-order valence-electron chi connectivity index (χ2n) is 6.08. The van der Waals surface area contributed by atoms with Gasteiger partial charge in [0.05, 0.1) is 13.2 Å². The van der Waals surface area contributed by atoms with E-state index in [0.29, 0.717) is 12.5 Å². The van der Waals surface area contributed by atoms with Crippen LogP contribution in [0.1, 0.15) is 40.0 Å². The lowest BCUT2D eigenvalue weighted by atomic mass is 9.70. The molecule has 0 heterocycles. The second-order valence-corrected chi connectivity index (χ2v) is 6.08. The molecule has 3 heteroatoms. The molecule has 1 aliphatic rings. The number of nitrogens with one attached hydrogen (secondary N) is 1. The van der Waals surface area contributed by atoms with Crippen LogP contribution in [0, 0.1) is 11.8 Å². The van der Waals surface area contributed by atoms with Gasteiger partial charge in [0.2, 0.25) is 0 Å². The molecule has 106 valence electrons. The first kappa shape index (κ1) is 15.7. The number of nitrogens with two attached hydrogens (primary N) is 1. The molecule has 3 atom stereocenters. The third-order valence-electron chi connectivity index (χ3n) is 4.22. The van der Waals surface area contributed by atoms with Crippen LogP contribution in [0.4, 0.5) is 0 Å². The van der Waals surface area contributed by atoms with Crippen LogP contribution in [0.3, 0.4) is 0 Å². The fourth-order valence-corrected chi connectivity index (χ4v) is 2.95. The van der Waals surface area contributed by atoms with E-state index in [1.54, 1.807) is 0 Å². The molecule has 0 aromatic carbocycles. The summed E-state index contributed by atoms with van der Waals surface area (Å²) >= 11 is 0. The zero-order valence-corrected chi connectivity index (χ0v) is 12.3. The molecule has 3 unspecified atom stereocenters. The van der Waals surface area contributed by atoms with E-state index in [1.165, 1.54) is 19.3 Å². The van der Waals surface area contributed by atoms with E-state index in [1.807, 2.05) is 6.92 Å². The number of hydrogen-bond donors (Lipinski definition) is 2. The van der Waals surface area contributed by atoms with Gasteiger partial charge in [-0.2, -0.15) is 0 Å². The van der Waals surface area contributed by atoms with Crippen LogP contribution >= 0.6 is 0 Å². The molecule has 1 fully saturated rings. The minimum Gasteiger partial charge on any atom is -0.376 e. The normalized spacial score (nSPS) is 32.4. The van der Waals surface area contributed by atoms with Gasteiger partial charge in [-0.05, 0) is 38.0 Å². The highest BCUT2D eigenvalue weighted by atomic mass is 16.5. The summed E-state index contributed by atoms with van der Waals surface area (Å²) in [6, 6.07) is 0. The molecule has 3 N–H and O–H groups in total. The first-order valence-corrected chi connectivity index (χ1v) is 7.17. The van der Waals surface area contributed by atoms with Crippen molar-refractivity contribution in [3.63, 3.8) is 0 Å². The molecule has 0 saturated heterocycles. The largest absolute Gasteiger partial charge is 0.376 e. The third-order valence-corrected chi connectivity index (χ3v) is 4.22. The fraction of sp³-hybridized carbons (Fsp3) is 0.867. The van der Waals surface area contributed by atoms with Gasteiger partial charge >= 0.3 is 0 Å². The van der Waals surface area contributed by atoms with Gasteiger partial charge in [0.15, 0.2) is 0 Å². The highest BCUT2D eigenvalue weighted by Gasteiger charge is 2.38. The molecule has 0 aliphatic heterocycles. The summed E-state index contributed by atoms with van der Waals surface area (Å²) in [7, 11) is 0. The second kappa shape index (κ2) is 7.27. The summed E-state index contributed by atoms with van der Waals surface area (Å²) in [6.45, 7) is 13.5. The van der Waals surface area contributed by atoms with Crippen LogP contribution in [0.25, 0.3) is 0 Å². The standard InChI is InChI=1S/C15H30N2O/c1-12(2)10-18-8-7-17-15(11-16)6-5-13(3)9-14(15)4/h13-14,17H,1,5-11,16H2,2-4H3. The molecule has 0 aromatic heterocycles. The zero-order valence-electron chi connectivity index (χ0n) is 12.3. The Morgan fingerprint density at radius 1 is 1.50 bits per heavy atom. The van der Waals surface area contributed by atoms with Gasteiger partial charge < -0.3 is 15.8 Å². The molecule has 0 radical (unpaired) electrons. The Balaban J connectivity index is 2.34. The van der Waals surface area contributed by atoms with Gasteiger partial charge in [-0.15, -0.1) is 0 Å². The maximum Gasteiger partial charge on any atom is 0.0672 e. The van der Waals surface area contributed by atoms with E-state index in [9.17, 15) is 0 Å². The highest BCUT2D eigenvalue weighted by molar-refractivity contribution is 4.97. The molecule has 0 bridgehead atoms. The molecule has 1 rings (SSSR count). The summed E-state index contributed by atoms with van der Waals surface area (Å²) in [4.78, 5) is 0. The van der Waals surface area contributed by atoms with E-state index in [2.05, 4.69) is 25.7 Å². The van der Waals surface area contributed by atoms with Crippen LogP contribution in [-0.4, -0.2) is 31.8 Å². The maximum absolute atomic E-state index is 6.02. The summed E-state index contributed by atoms with van der Waals surface area (Å²) in [5.74, 6) is 1.48. The molecule has 18 heavy (non-hydrogen) atoms. The number of ether oxygens (including phenoxy) is 1. The van der Waals surface area contributed by atoms with Crippen LogP contribution in [0.5, 0.6) is 0 Å². The Hall–Kier alpha value is -0.380. The van der Waals surface area contributed by atoms with Gasteiger partial charge in [-0.1, -0.05) is 26.0 Å². The van der Waals surface area contributed by atoms with Crippen LogP contribution < -0.4 is 11.1 Å². The Bertz CT molecular complexity index is 267. The van der Waals surface area contributed by atoms with Crippen molar-refractivity contribution in [2.75, 3.05) is 26.3 Å². The van der Waals surface area contributed by atoms with Crippen LogP contribution in [-0.2, 0) is 4.74 Å². The molecule has 3 nitrogen and oxygen atoms in total. The van der Waals surface area contributed by atoms with Crippen molar-refractivity contribution >= 4 is 0 Å². The molecule has 0 aromatic rings. The Morgan fingerprint density at radius 2 is 2.22 bits per heavy atom. The van der Waals surface area contributed by atoms with Crippen molar-refractivity contribution in [2.24, 2.45) is 17.6 Å². The van der Waals surface area contributed by atoms with Crippen molar-refractivity contribution in [3.05, 3.63) is 12.2 Å². The lowest BCUT2D eigenvalue weighted by Gasteiger charge is -2.45. The Morgan fingerprint density at radius 3 is 2.78 bits per heavy atom. The Labute approximate surface area is 112 Å². The zero-order chi connectivity index (χ0) is 13.6. The Kier molecular flexibility index (Phi) is 6.33. The van der Waals surface area contributed by atoms with Gasteiger partial charge in [0.1, 0.15) is 0 Å². The van der Waals surface area contributed by atoms with Crippen LogP contribution in [0.2, 0.25) is 0 Å². The molecule has 0 amide bonds. The lowest BCUT2D eigenvalue weighted by Crippen LogP contribution is -2.58. The highest BCUT2D eigenvalue weighted by Crippen LogP contribution is 2.35. The number of hydrogen-bond acceptors (Lipinski definition) is 3. The van der Waals surface area contributed by atoms with E-state index in [-0.39, 0.29) is 5.54 Å². The van der Waals surface area contributed by atoms with Crippen LogP contribution in [0.15, 0.2) is 12.2 Å². The van der Waals surface area contributed by atoms with Gasteiger partial charge in [-0.3, -0.25) is 0 Å². The minimum absolute atomic E-state index is 0.124. The van der Waals surface area contributed by atoms with Crippen molar-refractivity contribution in [1.29, 1.82) is 0 Å². The summed E-state index contributed by atoms with van der Waals surface area (Å²) in [5, 5.41) is 3.65. The predicted octanol–water partition coefficient (Wildman–Crippen LogP) is 2.32. The third kappa shape index (κ3) is 4.38. The first-order chi connectivity index (χ1) is 8.50. The minimum atomic E-state index is 0.124. The monoisotopic (exact) mass is 254 g/mol. The maximum atomic E-state index is 6.02. The van der Waals surface area contributed by atoms with Crippen molar-refractivity contribution < 1.29 is 4.74 Å². The summed E-state index contributed by atoms with van der Waals surface area (Å²) < 4.78 is 5.53. The topological polar surface area (TPSA) is 47.3 Å². The van der Waals surface area contributed by atoms with Gasteiger partial charge in [0.25, 0.3) is 0 Å². The molecule has 1 saturated carbocycles. The molecule has 1 aliphatic carbocycles. The van der Waals surface area contributed by atoms with E-state index >= 15 is 0 Å². The average Bonchev–Trinajstić information content (AvgIpc) is 2.31.